The Morgan fingerprint density at radius 3 is 2.32 bits per heavy atom. The second kappa shape index (κ2) is 6.96. The van der Waals surface area contributed by atoms with Crippen LogP contribution in [-0.2, 0) is 4.74 Å². The van der Waals surface area contributed by atoms with E-state index in [1.165, 1.54) is 7.11 Å². The van der Waals surface area contributed by atoms with Crippen molar-refractivity contribution in [3.63, 3.8) is 0 Å². The lowest BCUT2D eigenvalue weighted by molar-refractivity contribution is 0.0600. The molecule has 7 nitrogen and oxygen atoms in total. The van der Waals surface area contributed by atoms with Crippen LogP contribution in [0, 0.1) is 6.92 Å². The fraction of sp³-hybridized carbons (Fsp3) is 0.111. The van der Waals surface area contributed by atoms with Crippen molar-refractivity contribution in [3.05, 3.63) is 65.5 Å². The van der Waals surface area contributed by atoms with E-state index >= 15 is 0 Å². The third-order valence-corrected chi connectivity index (χ3v) is 3.78. The van der Waals surface area contributed by atoms with Crippen molar-refractivity contribution >= 4 is 17.7 Å². The molecular weight excluding hydrogens is 320 g/mol. The number of aromatic amines is 1. The summed E-state index contributed by atoms with van der Waals surface area (Å²) in [6.07, 6.45) is 3.38. The number of H-pyrrole nitrogens is 1. The molecule has 0 saturated heterocycles. The Bertz CT molecular complexity index is 902. The van der Waals surface area contributed by atoms with E-state index in [0.717, 1.165) is 16.8 Å². The van der Waals surface area contributed by atoms with Gasteiger partial charge in [0, 0.05) is 29.1 Å². The first kappa shape index (κ1) is 16.4. The molecule has 25 heavy (non-hydrogen) atoms. The predicted molar refractivity (Wildman–Crippen MR) is 92.3 cm³/mol. The summed E-state index contributed by atoms with van der Waals surface area (Å²) < 4.78 is 4.63. The molecule has 3 aromatic rings. The van der Waals surface area contributed by atoms with Crippen LogP contribution in [0.15, 0.2) is 48.8 Å². The van der Waals surface area contributed by atoms with Gasteiger partial charge in [0.25, 0.3) is 5.91 Å². The van der Waals surface area contributed by atoms with Crippen LogP contribution in [0.2, 0.25) is 0 Å². The minimum Gasteiger partial charge on any atom is -0.465 e. The van der Waals surface area contributed by atoms with Gasteiger partial charge in [-0.15, -0.1) is 0 Å². The van der Waals surface area contributed by atoms with Crippen LogP contribution in [0.1, 0.15) is 26.3 Å². The molecule has 1 aromatic carbocycles. The fourth-order valence-electron chi connectivity index (χ4n) is 2.37. The van der Waals surface area contributed by atoms with Crippen molar-refractivity contribution in [1.82, 2.24) is 15.2 Å². The number of carbonyl (C=O) groups is 2. The summed E-state index contributed by atoms with van der Waals surface area (Å²) in [4.78, 5) is 27.8. The van der Waals surface area contributed by atoms with Crippen molar-refractivity contribution in [2.45, 2.75) is 6.92 Å². The van der Waals surface area contributed by atoms with Crippen LogP contribution >= 0.6 is 0 Å². The number of amides is 1. The Morgan fingerprint density at radius 2 is 1.68 bits per heavy atom. The maximum absolute atomic E-state index is 12.4. The number of hydrogen-bond donors (Lipinski definition) is 2. The number of aromatic nitrogens is 3. The molecule has 3 rings (SSSR count). The summed E-state index contributed by atoms with van der Waals surface area (Å²) in [6.45, 7) is 1.87. The van der Waals surface area contributed by atoms with E-state index in [1.54, 1.807) is 36.7 Å². The third-order valence-electron chi connectivity index (χ3n) is 3.78. The second-order valence-electron chi connectivity index (χ2n) is 5.33. The van der Waals surface area contributed by atoms with E-state index in [-0.39, 0.29) is 5.91 Å². The second-order valence-corrected chi connectivity index (χ2v) is 5.33. The molecule has 0 aliphatic heterocycles. The monoisotopic (exact) mass is 336 g/mol. The number of carbonyl (C=O) groups excluding carboxylic acids is 2. The summed E-state index contributed by atoms with van der Waals surface area (Å²) in [6, 6.07) is 9.93. The molecule has 7 heteroatoms. The van der Waals surface area contributed by atoms with Gasteiger partial charge in [-0.1, -0.05) is 0 Å². The molecule has 0 aliphatic rings. The number of esters is 1. The molecule has 2 heterocycles. The molecule has 0 fully saturated rings. The summed E-state index contributed by atoms with van der Waals surface area (Å²) >= 11 is 0. The van der Waals surface area contributed by atoms with Gasteiger partial charge in [-0.2, -0.15) is 5.10 Å². The van der Waals surface area contributed by atoms with Crippen LogP contribution in [-0.4, -0.2) is 34.2 Å². The topological polar surface area (TPSA) is 97.0 Å². The highest BCUT2D eigenvalue weighted by molar-refractivity contribution is 6.05. The third kappa shape index (κ3) is 3.40. The Hall–Kier alpha value is -3.48. The summed E-state index contributed by atoms with van der Waals surface area (Å²) in [5, 5.41) is 9.86. The minimum atomic E-state index is -0.447. The number of benzene rings is 1. The normalized spacial score (nSPS) is 10.3. The van der Waals surface area contributed by atoms with Crippen molar-refractivity contribution < 1.29 is 14.3 Å². The lowest BCUT2D eigenvalue weighted by Gasteiger charge is -2.05. The molecule has 0 saturated carbocycles. The van der Waals surface area contributed by atoms with Gasteiger partial charge in [0.1, 0.15) is 0 Å². The summed E-state index contributed by atoms with van der Waals surface area (Å²) in [5.41, 5.74) is 3.38. The lowest BCUT2D eigenvalue weighted by Crippen LogP contribution is -2.13. The number of ether oxygens (including phenoxy) is 1. The Labute approximate surface area is 144 Å². The van der Waals surface area contributed by atoms with Gasteiger partial charge in [-0.3, -0.25) is 14.9 Å². The number of anilines is 1. The average molecular weight is 336 g/mol. The van der Waals surface area contributed by atoms with E-state index in [2.05, 4.69) is 25.2 Å². The standard InChI is InChI=1S/C18H16N4O3/c1-11-15(12-7-9-19-10-8-12)21-22-16(11)20-17(23)13-3-5-14(6-4-13)18(24)25-2/h3-10H,1-2H3,(H2,20,21,22,23). The minimum absolute atomic E-state index is 0.313. The number of rotatable bonds is 4. The highest BCUT2D eigenvalue weighted by Crippen LogP contribution is 2.25. The van der Waals surface area contributed by atoms with Gasteiger partial charge in [-0.25, -0.2) is 4.79 Å². The van der Waals surface area contributed by atoms with Gasteiger partial charge in [0.15, 0.2) is 5.82 Å². The molecule has 2 aromatic heterocycles. The molecule has 1 amide bonds. The zero-order valence-corrected chi connectivity index (χ0v) is 13.7. The van der Waals surface area contributed by atoms with Crippen molar-refractivity contribution in [2.24, 2.45) is 0 Å². The van der Waals surface area contributed by atoms with E-state index in [0.29, 0.717) is 16.9 Å². The van der Waals surface area contributed by atoms with E-state index in [9.17, 15) is 9.59 Å². The predicted octanol–water partition coefficient (Wildman–Crippen LogP) is 2.82. The molecule has 0 radical (unpaired) electrons. The van der Waals surface area contributed by atoms with Crippen LogP contribution in [0.4, 0.5) is 5.82 Å². The van der Waals surface area contributed by atoms with E-state index in [4.69, 9.17) is 0 Å². The van der Waals surface area contributed by atoms with Crippen molar-refractivity contribution in [1.29, 1.82) is 0 Å². The quantitative estimate of drug-likeness (QED) is 0.714. The summed E-state index contributed by atoms with van der Waals surface area (Å²) in [5.74, 6) is -0.307. The fourth-order valence-corrected chi connectivity index (χ4v) is 2.37. The molecular formula is C18H16N4O3. The molecule has 0 aliphatic carbocycles. The number of pyridine rings is 1. The van der Waals surface area contributed by atoms with Crippen molar-refractivity contribution in [2.75, 3.05) is 12.4 Å². The van der Waals surface area contributed by atoms with E-state index in [1.807, 2.05) is 19.1 Å². The van der Waals surface area contributed by atoms with Gasteiger partial charge < -0.3 is 10.1 Å². The molecule has 0 atom stereocenters. The first-order valence-corrected chi connectivity index (χ1v) is 7.55. The zero-order chi connectivity index (χ0) is 17.8. The molecule has 2 N–H and O–H groups in total. The van der Waals surface area contributed by atoms with E-state index < -0.39 is 5.97 Å². The number of methoxy groups -OCH3 is 1. The molecule has 0 unspecified atom stereocenters. The smallest absolute Gasteiger partial charge is 0.337 e. The number of nitrogens with one attached hydrogen (secondary N) is 2. The van der Waals surface area contributed by atoms with Crippen LogP contribution in [0.25, 0.3) is 11.3 Å². The Morgan fingerprint density at radius 1 is 1.04 bits per heavy atom. The summed E-state index contributed by atoms with van der Waals surface area (Å²) in [7, 11) is 1.31. The van der Waals surface area contributed by atoms with Crippen LogP contribution in [0.5, 0.6) is 0 Å². The van der Waals surface area contributed by atoms with Crippen molar-refractivity contribution in [3.8, 4) is 11.3 Å². The first-order chi connectivity index (χ1) is 12.1. The average Bonchev–Trinajstić information content (AvgIpc) is 3.02. The Kier molecular flexibility index (Phi) is 4.56. The largest absolute Gasteiger partial charge is 0.465 e. The van der Waals surface area contributed by atoms with Gasteiger partial charge in [-0.05, 0) is 43.3 Å². The highest BCUT2D eigenvalue weighted by Gasteiger charge is 2.15. The maximum atomic E-state index is 12.4. The number of nitrogens with zero attached hydrogens (tertiary/aromatic N) is 2. The van der Waals surface area contributed by atoms with Gasteiger partial charge in [0.05, 0.1) is 18.4 Å². The Balaban J connectivity index is 1.78. The molecule has 0 spiro atoms. The van der Waals surface area contributed by atoms with Gasteiger partial charge in [0.2, 0.25) is 0 Å². The zero-order valence-electron chi connectivity index (χ0n) is 13.7. The lowest BCUT2D eigenvalue weighted by atomic mass is 10.1. The van der Waals surface area contributed by atoms with Crippen LogP contribution in [0.3, 0.4) is 0 Å². The molecule has 0 bridgehead atoms. The maximum Gasteiger partial charge on any atom is 0.337 e. The highest BCUT2D eigenvalue weighted by atomic mass is 16.5. The first-order valence-electron chi connectivity index (χ1n) is 7.55. The van der Waals surface area contributed by atoms with Gasteiger partial charge >= 0.3 is 5.97 Å². The SMILES string of the molecule is COC(=O)c1ccc(C(=O)Nc2n[nH]c(-c3ccncc3)c2C)cc1. The number of hydrogen-bond acceptors (Lipinski definition) is 5. The molecule has 126 valence electrons. The van der Waals surface area contributed by atoms with Crippen LogP contribution < -0.4 is 5.32 Å².